The molecule has 0 aliphatic heterocycles. The molecule has 0 aliphatic rings. The molecule has 0 amide bonds. The molecule has 4 aromatic rings. The lowest BCUT2D eigenvalue weighted by molar-refractivity contribution is 0.0731. The Hall–Kier alpha value is -3.80. The maximum absolute atomic E-state index is 12.4. The standard InChI is InChI=1S/C21H14O6/c1-24-17-6-3-2-5-14(17)21(23)26-13-8-9-18-15(11-13)16(22)12-20(27-18)19-7-4-10-25-19/h2-12H,1H3. The van der Waals surface area contributed by atoms with Crippen molar-refractivity contribution in [2.24, 2.45) is 0 Å². The van der Waals surface area contributed by atoms with Crippen LogP contribution in [0.3, 0.4) is 0 Å². The normalized spacial score (nSPS) is 10.7. The van der Waals surface area contributed by atoms with Crippen LogP contribution >= 0.6 is 0 Å². The Morgan fingerprint density at radius 1 is 0.963 bits per heavy atom. The maximum atomic E-state index is 12.4. The van der Waals surface area contributed by atoms with Gasteiger partial charge in [0.25, 0.3) is 0 Å². The van der Waals surface area contributed by atoms with Crippen molar-refractivity contribution in [3.63, 3.8) is 0 Å². The molecular formula is C21H14O6. The monoisotopic (exact) mass is 362 g/mol. The van der Waals surface area contributed by atoms with Crippen LogP contribution in [-0.2, 0) is 0 Å². The summed E-state index contributed by atoms with van der Waals surface area (Å²) in [5.74, 6) is 0.850. The SMILES string of the molecule is COc1ccccc1C(=O)Oc1ccc2oc(-c3ccco3)cc(=O)c2c1. The zero-order valence-corrected chi connectivity index (χ0v) is 14.3. The second-order valence-electron chi connectivity index (χ2n) is 5.70. The third-order valence-electron chi connectivity index (χ3n) is 4.00. The second-order valence-corrected chi connectivity index (χ2v) is 5.70. The van der Waals surface area contributed by atoms with Crippen LogP contribution in [0.15, 0.2) is 80.6 Å². The third-order valence-corrected chi connectivity index (χ3v) is 4.00. The van der Waals surface area contributed by atoms with Gasteiger partial charge in [0.2, 0.25) is 0 Å². The molecule has 0 atom stereocenters. The molecule has 0 aliphatic carbocycles. The number of benzene rings is 2. The molecule has 2 aromatic heterocycles. The average Bonchev–Trinajstić information content (AvgIpc) is 3.23. The van der Waals surface area contributed by atoms with Crippen molar-refractivity contribution in [1.82, 2.24) is 0 Å². The molecular weight excluding hydrogens is 348 g/mol. The summed E-state index contributed by atoms with van der Waals surface area (Å²) in [4.78, 5) is 24.8. The van der Waals surface area contributed by atoms with Gasteiger partial charge in [0.1, 0.15) is 22.6 Å². The Bertz CT molecular complexity index is 1170. The first-order chi connectivity index (χ1) is 13.2. The van der Waals surface area contributed by atoms with Crippen molar-refractivity contribution in [2.75, 3.05) is 7.11 Å². The Kier molecular flexibility index (Phi) is 4.22. The Labute approximate surface area is 153 Å². The lowest BCUT2D eigenvalue weighted by Crippen LogP contribution is -2.10. The number of hydrogen-bond donors (Lipinski definition) is 0. The molecule has 0 spiro atoms. The van der Waals surface area contributed by atoms with Crippen LogP contribution in [0.4, 0.5) is 0 Å². The molecule has 0 N–H and O–H groups in total. The number of carbonyl (C=O) groups excluding carboxylic acids is 1. The van der Waals surface area contributed by atoms with Crippen molar-refractivity contribution in [3.8, 4) is 23.0 Å². The number of para-hydroxylation sites is 1. The predicted molar refractivity (Wildman–Crippen MR) is 98.1 cm³/mol. The van der Waals surface area contributed by atoms with Gasteiger partial charge in [-0.25, -0.2) is 4.79 Å². The second kappa shape index (κ2) is 6.84. The fraction of sp³-hybridized carbons (Fsp3) is 0.0476. The van der Waals surface area contributed by atoms with E-state index in [1.807, 2.05) is 0 Å². The van der Waals surface area contributed by atoms with Gasteiger partial charge in [0.15, 0.2) is 16.9 Å². The third kappa shape index (κ3) is 3.20. The summed E-state index contributed by atoms with van der Waals surface area (Å²) in [5.41, 5.74) is 0.393. The molecule has 2 heterocycles. The minimum Gasteiger partial charge on any atom is -0.496 e. The van der Waals surface area contributed by atoms with E-state index >= 15 is 0 Å². The van der Waals surface area contributed by atoms with Crippen LogP contribution in [0, 0.1) is 0 Å². The molecule has 0 fully saturated rings. The summed E-state index contributed by atoms with van der Waals surface area (Å²) in [6.07, 6.45) is 1.50. The van der Waals surface area contributed by atoms with Gasteiger partial charge in [0.05, 0.1) is 18.8 Å². The summed E-state index contributed by atoms with van der Waals surface area (Å²) < 4.78 is 21.5. The largest absolute Gasteiger partial charge is 0.496 e. The highest BCUT2D eigenvalue weighted by Gasteiger charge is 2.15. The molecule has 6 heteroatoms. The van der Waals surface area contributed by atoms with Crippen LogP contribution < -0.4 is 14.9 Å². The van der Waals surface area contributed by atoms with E-state index in [4.69, 9.17) is 18.3 Å². The van der Waals surface area contributed by atoms with Crippen LogP contribution in [0.5, 0.6) is 11.5 Å². The minimum atomic E-state index is -0.580. The lowest BCUT2D eigenvalue weighted by Gasteiger charge is -2.09. The highest BCUT2D eigenvalue weighted by atomic mass is 16.5. The topological polar surface area (TPSA) is 78.9 Å². The lowest BCUT2D eigenvalue weighted by atomic mass is 10.2. The fourth-order valence-corrected chi connectivity index (χ4v) is 2.71. The van der Waals surface area contributed by atoms with E-state index in [0.29, 0.717) is 33.8 Å². The predicted octanol–water partition coefficient (Wildman–Crippen LogP) is 4.28. The molecule has 0 unspecified atom stereocenters. The first-order valence-electron chi connectivity index (χ1n) is 8.13. The first-order valence-corrected chi connectivity index (χ1v) is 8.13. The van der Waals surface area contributed by atoms with Crippen molar-refractivity contribution >= 4 is 16.9 Å². The first kappa shape index (κ1) is 16.7. The number of hydrogen-bond acceptors (Lipinski definition) is 6. The number of esters is 1. The fourth-order valence-electron chi connectivity index (χ4n) is 2.71. The molecule has 134 valence electrons. The smallest absolute Gasteiger partial charge is 0.347 e. The minimum absolute atomic E-state index is 0.233. The van der Waals surface area contributed by atoms with Gasteiger partial charge in [-0.05, 0) is 42.5 Å². The molecule has 0 bridgehead atoms. The Balaban J connectivity index is 1.68. The van der Waals surface area contributed by atoms with Gasteiger partial charge in [-0.1, -0.05) is 12.1 Å². The van der Waals surface area contributed by atoms with Crippen molar-refractivity contribution in [1.29, 1.82) is 0 Å². The molecule has 0 saturated carbocycles. The number of carbonyl (C=O) groups is 1. The van der Waals surface area contributed by atoms with Crippen LogP contribution in [-0.4, -0.2) is 13.1 Å². The van der Waals surface area contributed by atoms with Gasteiger partial charge in [0, 0.05) is 6.07 Å². The van der Waals surface area contributed by atoms with Crippen LogP contribution in [0.25, 0.3) is 22.5 Å². The molecule has 4 rings (SSSR count). The molecule has 0 radical (unpaired) electrons. The summed E-state index contributed by atoms with van der Waals surface area (Å²) >= 11 is 0. The summed E-state index contributed by atoms with van der Waals surface area (Å²) in [6, 6.07) is 16.1. The number of methoxy groups -OCH3 is 1. The number of rotatable bonds is 4. The summed E-state index contributed by atoms with van der Waals surface area (Å²) in [5, 5.41) is 0.302. The average molecular weight is 362 g/mol. The van der Waals surface area contributed by atoms with Crippen molar-refractivity contribution in [3.05, 3.63) is 82.7 Å². The van der Waals surface area contributed by atoms with E-state index in [1.165, 1.54) is 25.5 Å². The van der Waals surface area contributed by atoms with Gasteiger partial charge in [-0.2, -0.15) is 0 Å². The molecule has 0 saturated heterocycles. The van der Waals surface area contributed by atoms with Gasteiger partial charge >= 0.3 is 5.97 Å². The number of fused-ring (bicyclic) bond motifs is 1. The van der Waals surface area contributed by atoms with E-state index in [-0.39, 0.29) is 11.2 Å². The zero-order valence-electron chi connectivity index (χ0n) is 14.3. The van der Waals surface area contributed by atoms with Crippen molar-refractivity contribution < 1.29 is 23.1 Å². The van der Waals surface area contributed by atoms with Gasteiger partial charge < -0.3 is 18.3 Å². The number of furan rings is 1. The number of ether oxygens (including phenoxy) is 2. The molecule has 27 heavy (non-hydrogen) atoms. The molecule has 6 nitrogen and oxygen atoms in total. The van der Waals surface area contributed by atoms with Gasteiger partial charge in [-0.3, -0.25) is 4.79 Å². The van der Waals surface area contributed by atoms with Gasteiger partial charge in [-0.15, -0.1) is 0 Å². The van der Waals surface area contributed by atoms with E-state index < -0.39 is 5.97 Å². The van der Waals surface area contributed by atoms with E-state index in [0.717, 1.165) is 0 Å². The highest BCUT2D eigenvalue weighted by Crippen LogP contribution is 2.26. The highest BCUT2D eigenvalue weighted by molar-refractivity contribution is 5.94. The quantitative estimate of drug-likeness (QED) is 0.398. The summed E-state index contributed by atoms with van der Waals surface area (Å²) in [7, 11) is 1.48. The van der Waals surface area contributed by atoms with E-state index in [1.54, 1.807) is 48.5 Å². The van der Waals surface area contributed by atoms with Crippen molar-refractivity contribution in [2.45, 2.75) is 0 Å². The van der Waals surface area contributed by atoms with Crippen LogP contribution in [0.2, 0.25) is 0 Å². The Morgan fingerprint density at radius 3 is 2.59 bits per heavy atom. The van der Waals surface area contributed by atoms with E-state index in [2.05, 4.69) is 0 Å². The summed E-state index contributed by atoms with van der Waals surface area (Å²) in [6.45, 7) is 0. The Morgan fingerprint density at radius 2 is 1.81 bits per heavy atom. The maximum Gasteiger partial charge on any atom is 0.347 e. The van der Waals surface area contributed by atoms with Crippen LogP contribution in [0.1, 0.15) is 10.4 Å². The van der Waals surface area contributed by atoms with E-state index in [9.17, 15) is 9.59 Å². The zero-order chi connectivity index (χ0) is 18.8. The molecule has 2 aromatic carbocycles.